The highest BCUT2D eigenvalue weighted by Gasteiger charge is 2.38. The lowest BCUT2D eigenvalue weighted by Crippen LogP contribution is -2.40. The normalized spacial score (nSPS) is 18.8. The Hall–Kier alpha value is -2.39. The van der Waals surface area contributed by atoms with E-state index in [2.05, 4.69) is 15.3 Å². The van der Waals surface area contributed by atoms with Crippen LogP contribution in [0.2, 0.25) is 0 Å². The zero-order valence-corrected chi connectivity index (χ0v) is 13.0. The summed E-state index contributed by atoms with van der Waals surface area (Å²) in [6.45, 7) is 3.01. The Labute approximate surface area is 135 Å². The Morgan fingerprint density at radius 2 is 2.17 bits per heavy atom. The number of halogens is 3. The molecule has 3 heterocycles. The number of nitrogens with zero attached hydrogens (tertiary/aromatic N) is 5. The second kappa shape index (κ2) is 6.25. The van der Waals surface area contributed by atoms with Crippen molar-refractivity contribution in [3.8, 4) is 0 Å². The van der Waals surface area contributed by atoms with Gasteiger partial charge in [-0.05, 0) is 31.9 Å². The van der Waals surface area contributed by atoms with Crippen LogP contribution in [-0.4, -0.2) is 45.5 Å². The lowest BCUT2D eigenvalue weighted by molar-refractivity contribution is -0.148. The number of rotatable bonds is 3. The third-order valence-electron chi connectivity index (χ3n) is 3.87. The van der Waals surface area contributed by atoms with Crippen molar-refractivity contribution in [1.29, 1.82) is 0 Å². The minimum Gasteiger partial charge on any atom is -0.466 e. The van der Waals surface area contributed by atoms with Gasteiger partial charge in [0.1, 0.15) is 5.82 Å². The van der Waals surface area contributed by atoms with E-state index in [0.29, 0.717) is 36.5 Å². The molecule has 0 amide bonds. The minimum absolute atomic E-state index is 0.0185. The molecule has 1 aliphatic heterocycles. The standard InChI is InChI=1S/C14H16F3N5O2/c1-2-24-12(23)9-4-3-7-21(8-9)11-6-5-10-18-19-13(14(15,16)17)22(10)20-11/h5-6,9H,2-4,7-8H2,1H3/t9-/m0/s1. The molecule has 10 heteroatoms. The maximum Gasteiger partial charge on any atom is 0.453 e. The van der Waals surface area contributed by atoms with E-state index in [9.17, 15) is 18.0 Å². The molecule has 0 aliphatic carbocycles. The molecule has 0 aromatic carbocycles. The fourth-order valence-electron chi connectivity index (χ4n) is 2.76. The van der Waals surface area contributed by atoms with E-state index in [1.54, 1.807) is 17.9 Å². The molecule has 0 unspecified atom stereocenters. The number of carbonyl (C=O) groups excluding carboxylic acids is 1. The third-order valence-corrected chi connectivity index (χ3v) is 3.87. The Morgan fingerprint density at radius 3 is 2.88 bits per heavy atom. The van der Waals surface area contributed by atoms with Gasteiger partial charge < -0.3 is 9.64 Å². The molecule has 0 N–H and O–H groups in total. The van der Waals surface area contributed by atoms with Gasteiger partial charge in [-0.2, -0.15) is 17.7 Å². The minimum atomic E-state index is -4.64. The van der Waals surface area contributed by atoms with Crippen molar-refractivity contribution in [3.05, 3.63) is 18.0 Å². The molecule has 0 radical (unpaired) electrons. The third kappa shape index (κ3) is 3.13. The number of hydrogen-bond donors (Lipinski definition) is 0. The summed E-state index contributed by atoms with van der Waals surface area (Å²) in [5.41, 5.74) is 0.0185. The smallest absolute Gasteiger partial charge is 0.453 e. The topological polar surface area (TPSA) is 72.6 Å². The van der Waals surface area contributed by atoms with Crippen LogP contribution in [0, 0.1) is 5.92 Å². The second-order valence-corrected chi connectivity index (χ2v) is 5.52. The van der Waals surface area contributed by atoms with Gasteiger partial charge in [-0.25, -0.2) is 0 Å². The van der Waals surface area contributed by atoms with Crippen LogP contribution in [0.1, 0.15) is 25.6 Å². The lowest BCUT2D eigenvalue weighted by Gasteiger charge is -2.32. The second-order valence-electron chi connectivity index (χ2n) is 5.52. The first-order chi connectivity index (χ1) is 11.4. The van der Waals surface area contributed by atoms with E-state index in [1.165, 1.54) is 6.07 Å². The number of fused-ring (bicyclic) bond motifs is 1. The summed E-state index contributed by atoms with van der Waals surface area (Å²) >= 11 is 0. The number of esters is 1. The van der Waals surface area contributed by atoms with E-state index >= 15 is 0 Å². The fourth-order valence-corrected chi connectivity index (χ4v) is 2.76. The van der Waals surface area contributed by atoms with Gasteiger partial charge in [0.25, 0.3) is 5.82 Å². The quantitative estimate of drug-likeness (QED) is 0.793. The van der Waals surface area contributed by atoms with E-state index in [0.717, 1.165) is 6.42 Å². The number of alkyl halides is 3. The highest BCUT2D eigenvalue weighted by Crippen LogP contribution is 2.28. The molecule has 0 bridgehead atoms. The van der Waals surface area contributed by atoms with E-state index in [-0.39, 0.29) is 17.5 Å². The summed E-state index contributed by atoms with van der Waals surface area (Å²) in [7, 11) is 0. The van der Waals surface area contributed by atoms with Crippen LogP contribution in [0.5, 0.6) is 0 Å². The maximum atomic E-state index is 12.9. The van der Waals surface area contributed by atoms with Crippen molar-refractivity contribution in [2.75, 3.05) is 24.6 Å². The van der Waals surface area contributed by atoms with Gasteiger partial charge in [-0.15, -0.1) is 15.3 Å². The number of carbonyl (C=O) groups is 1. The van der Waals surface area contributed by atoms with Crippen LogP contribution in [0.25, 0.3) is 5.65 Å². The molecular weight excluding hydrogens is 327 g/mol. The summed E-state index contributed by atoms with van der Waals surface area (Å²) in [6, 6.07) is 3.01. The number of ether oxygens (including phenoxy) is 1. The monoisotopic (exact) mass is 343 g/mol. The number of anilines is 1. The van der Waals surface area contributed by atoms with Crippen molar-refractivity contribution in [2.24, 2.45) is 5.92 Å². The first-order valence-electron chi connectivity index (χ1n) is 7.61. The molecule has 2 aromatic rings. The van der Waals surface area contributed by atoms with Crippen LogP contribution in [-0.2, 0) is 15.7 Å². The van der Waals surface area contributed by atoms with E-state index in [1.807, 2.05) is 0 Å². The average molecular weight is 343 g/mol. The molecule has 1 aliphatic rings. The van der Waals surface area contributed by atoms with Crippen molar-refractivity contribution in [2.45, 2.75) is 25.9 Å². The maximum absolute atomic E-state index is 12.9. The van der Waals surface area contributed by atoms with Crippen LogP contribution < -0.4 is 4.90 Å². The van der Waals surface area contributed by atoms with Gasteiger partial charge in [0.05, 0.1) is 12.5 Å². The summed E-state index contributed by atoms with van der Waals surface area (Å²) in [5.74, 6) is -1.41. The van der Waals surface area contributed by atoms with Gasteiger partial charge >= 0.3 is 12.1 Å². The average Bonchev–Trinajstić information content (AvgIpc) is 2.98. The summed E-state index contributed by atoms with van der Waals surface area (Å²) < 4.78 is 44.5. The predicted octanol–water partition coefficient (Wildman–Crippen LogP) is 1.92. The molecule has 0 saturated carbocycles. The number of aromatic nitrogens is 4. The highest BCUT2D eigenvalue weighted by atomic mass is 19.4. The van der Waals surface area contributed by atoms with Crippen molar-refractivity contribution >= 4 is 17.4 Å². The van der Waals surface area contributed by atoms with Gasteiger partial charge in [0, 0.05) is 13.1 Å². The van der Waals surface area contributed by atoms with E-state index in [4.69, 9.17) is 4.74 Å². The van der Waals surface area contributed by atoms with E-state index < -0.39 is 12.0 Å². The number of piperidine rings is 1. The van der Waals surface area contributed by atoms with Gasteiger partial charge in [-0.3, -0.25) is 4.79 Å². The molecule has 130 valence electrons. The Kier molecular flexibility index (Phi) is 4.29. The zero-order chi connectivity index (χ0) is 17.3. The van der Waals surface area contributed by atoms with Gasteiger partial charge in [0.2, 0.25) is 0 Å². The Bertz CT molecular complexity index is 746. The molecule has 1 fully saturated rings. The molecule has 1 atom stereocenters. The predicted molar refractivity (Wildman–Crippen MR) is 77.4 cm³/mol. The van der Waals surface area contributed by atoms with Gasteiger partial charge in [0.15, 0.2) is 5.65 Å². The molecule has 0 spiro atoms. The van der Waals surface area contributed by atoms with Gasteiger partial charge in [-0.1, -0.05) is 0 Å². The molecule has 24 heavy (non-hydrogen) atoms. The number of hydrogen-bond acceptors (Lipinski definition) is 6. The highest BCUT2D eigenvalue weighted by molar-refractivity contribution is 5.73. The zero-order valence-electron chi connectivity index (χ0n) is 13.0. The molecule has 1 saturated heterocycles. The molecular formula is C14H16F3N5O2. The largest absolute Gasteiger partial charge is 0.466 e. The SMILES string of the molecule is CCOC(=O)[C@H]1CCCN(c2ccc3nnc(C(F)(F)F)n3n2)C1. The van der Waals surface area contributed by atoms with Crippen LogP contribution in [0.15, 0.2) is 12.1 Å². The molecule has 3 rings (SSSR count). The van der Waals surface area contributed by atoms with Crippen LogP contribution in [0.3, 0.4) is 0 Å². The molecule has 7 nitrogen and oxygen atoms in total. The van der Waals surface area contributed by atoms with Crippen molar-refractivity contribution in [3.63, 3.8) is 0 Å². The summed E-state index contributed by atoms with van der Waals surface area (Å²) in [4.78, 5) is 13.7. The lowest BCUT2D eigenvalue weighted by atomic mass is 9.98. The molecule has 2 aromatic heterocycles. The first-order valence-corrected chi connectivity index (χ1v) is 7.61. The summed E-state index contributed by atoms with van der Waals surface area (Å²) in [5, 5.41) is 10.6. The van der Waals surface area contributed by atoms with Crippen LogP contribution >= 0.6 is 0 Å². The first kappa shape index (κ1) is 16.5. The van der Waals surface area contributed by atoms with Crippen molar-refractivity contribution in [1.82, 2.24) is 19.8 Å². The summed E-state index contributed by atoms with van der Waals surface area (Å²) in [6.07, 6.45) is -3.21. The van der Waals surface area contributed by atoms with Crippen LogP contribution in [0.4, 0.5) is 19.0 Å². The fraction of sp³-hybridized carbons (Fsp3) is 0.571. The Balaban J connectivity index is 1.87. The van der Waals surface area contributed by atoms with Crippen molar-refractivity contribution < 1.29 is 22.7 Å². The Morgan fingerprint density at radius 1 is 1.38 bits per heavy atom.